The molecule has 1 aromatic heterocycles. The Morgan fingerprint density at radius 2 is 2.47 bits per heavy atom. The first-order valence-electron chi connectivity index (χ1n) is 5.74. The van der Waals surface area contributed by atoms with Crippen molar-refractivity contribution in [3.8, 4) is 0 Å². The van der Waals surface area contributed by atoms with Gasteiger partial charge in [0.1, 0.15) is 0 Å². The molecule has 82 valence electrons. The minimum Gasteiger partial charge on any atom is -0.313 e. The number of aromatic nitrogens is 1. The summed E-state index contributed by atoms with van der Waals surface area (Å²) in [7, 11) is 0. The van der Waals surface area contributed by atoms with Crippen molar-refractivity contribution in [3.63, 3.8) is 0 Å². The first-order chi connectivity index (χ1) is 7.38. The number of nitrogens with one attached hydrogen (secondary N) is 1. The van der Waals surface area contributed by atoms with Crippen molar-refractivity contribution in [1.82, 2.24) is 15.2 Å². The van der Waals surface area contributed by atoms with Crippen molar-refractivity contribution in [1.29, 1.82) is 0 Å². The number of nitrogens with zero attached hydrogens (tertiary/aromatic N) is 2. The third-order valence-electron chi connectivity index (χ3n) is 2.88. The zero-order valence-corrected chi connectivity index (χ0v) is 9.32. The van der Waals surface area contributed by atoms with Gasteiger partial charge >= 0.3 is 0 Å². The van der Waals surface area contributed by atoms with Gasteiger partial charge in [-0.05, 0) is 25.1 Å². The van der Waals surface area contributed by atoms with Crippen molar-refractivity contribution in [2.75, 3.05) is 19.6 Å². The summed E-state index contributed by atoms with van der Waals surface area (Å²) in [6.07, 6.45) is 3.13. The van der Waals surface area contributed by atoms with E-state index in [0.29, 0.717) is 6.04 Å². The molecule has 0 aliphatic carbocycles. The lowest BCUT2D eigenvalue weighted by Crippen LogP contribution is -2.32. The Balaban J connectivity index is 1.82. The molecule has 1 aromatic rings. The fourth-order valence-electron chi connectivity index (χ4n) is 2.15. The molecule has 1 atom stereocenters. The maximum absolute atomic E-state index is 4.35. The highest BCUT2D eigenvalue weighted by atomic mass is 15.2. The van der Waals surface area contributed by atoms with Gasteiger partial charge in [-0.3, -0.25) is 9.88 Å². The van der Waals surface area contributed by atoms with E-state index >= 15 is 0 Å². The molecule has 2 heterocycles. The summed E-state index contributed by atoms with van der Waals surface area (Å²) >= 11 is 0. The Bertz CT molecular complexity index is 286. The first kappa shape index (κ1) is 10.6. The lowest BCUT2D eigenvalue weighted by molar-refractivity contribution is 0.317. The van der Waals surface area contributed by atoms with Crippen molar-refractivity contribution in [2.24, 2.45) is 0 Å². The number of likely N-dealkylation sites (tertiary alicyclic amines) is 1. The van der Waals surface area contributed by atoms with Crippen LogP contribution in [0.4, 0.5) is 0 Å². The van der Waals surface area contributed by atoms with Crippen LogP contribution in [0, 0.1) is 0 Å². The summed E-state index contributed by atoms with van der Waals surface area (Å²) < 4.78 is 0. The lowest BCUT2D eigenvalue weighted by atomic mass is 10.3. The molecule has 2 rings (SSSR count). The average Bonchev–Trinajstić information content (AvgIpc) is 2.68. The zero-order valence-electron chi connectivity index (χ0n) is 9.32. The van der Waals surface area contributed by atoms with Crippen LogP contribution in [0.2, 0.25) is 0 Å². The summed E-state index contributed by atoms with van der Waals surface area (Å²) in [5.74, 6) is 0. The second-order valence-corrected chi connectivity index (χ2v) is 4.10. The van der Waals surface area contributed by atoms with Crippen LogP contribution in [0.1, 0.15) is 19.0 Å². The highest BCUT2D eigenvalue weighted by molar-refractivity contribution is 5.03. The third kappa shape index (κ3) is 3.01. The predicted octanol–water partition coefficient (Wildman–Crippen LogP) is 1.27. The molecule has 1 aliphatic rings. The molecule has 1 fully saturated rings. The van der Waals surface area contributed by atoms with E-state index < -0.39 is 0 Å². The van der Waals surface area contributed by atoms with Crippen LogP contribution in [0.3, 0.4) is 0 Å². The second-order valence-electron chi connectivity index (χ2n) is 4.10. The number of likely N-dealkylation sites (N-methyl/N-ethyl adjacent to an activating group) is 1. The van der Waals surface area contributed by atoms with Crippen LogP contribution in [0.25, 0.3) is 0 Å². The van der Waals surface area contributed by atoms with E-state index in [-0.39, 0.29) is 0 Å². The molecule has 0 spiro atoms. The first-order valence-corrected chi connectivity index (χ1v) is 5.74. The molecule has 1 unspecified atom stereocenters. The normalized spacial score (nSPS) is 22.1. The largest absolute Gasteiger partial charge is 0.313 e. The summed E-state index contributed by atoms with van der Waals surface area (Å²) in [6, 6.07) is 6.80. The molecule has 15 heavy (non-hydrogen) atoms. The monoisotopic (exact) mass is 205 g/mol. The van der Waals surface area contributed by atoms with Gasteiger partial charge in [0, 0.05) is 31.9 Å². The van der Waals surface area contributed by atoms with Gasteiger partial charge in [0.2, 0.25) is 0 Å². The van der Waals surface area contributed by atoms with E-state index in [1.165, 1.54) is 18.7 Å². The molecular formula is C12H19N3. The lowest BCUT2D eigenvalue weighted by Gasteiger charge is -2.15. The fourth-order valence-corrected chi connectivity index (χ4v) is 2.15. The number of hydrogen-bond donors (Lipinski definition) is 1. The second kappa shape index (κ2) is 5.24. The van der Waals surface area contributed by atoms with Crippen LogP contribution in [-0.2, 0) is 6.54 Å². The van der Waals surface area contributed by atoms with Gasteiger partial charge in [0.25, 0.3) is 0 Å². The summed E-state index contributed by atoms with van der Waals surface area (Å²) in [5.41, 5.74) is 1.18. The minimum absolute atomic E-state index is 0.679. The topological polar surface area (TPSA) is 28.2 Å². The van der Waals surface area contributed by atoms with Gasteiger partial charge in [-0.1, -0.05) is 13.0 Å². The predicted molar refractivity (Wildman–Crippen MR) is 61.6 cm³/mol. The van der Waals surface area contributed by atoms with Gasteiger partial charge in [-0.2, -0.15) is 0 Å². The van der Waals surface area contributed by atoms with Gasteiger partial charge < -0.3 is 5.32 Å². The van der Waals surface area contributed by atoms with Gasteiger partial charge in [0.05, 0.1) is 5.69 Å². The highest BCUT2D eigenvalue weighted by Gasteiger charge is 2.21. The summed E-state index contributed by atoms with van der Waals surface area (Å²) in [5, 5.41) is 3.50. The Labute approximate surface area is 91.5 Å². The maximum atomic E-state index is 4.35. The molecule has 3 heteroatoms. The molecule has 0 amide bonds. The smallest absolute Gasteiger partial charge is 0.0543 e. The number of hydrogen-bond acceptors (Lipinski definition) is 3. The van der Waals surface area contributed by atoms with E-state index in [1.54, 1.807) is 0 Å². The molecular weight excluding hydrogens is 186 g/mol. The molecule has 1 aliphatic heterocycles. The maximum Gasteiger partial charge on any atom is 0.0543 e. The Morgan fingerprint density at radius 3 is 3.20 bits per heavy atom. The number of rotatable bonds is 4. The Hall–Kier alpha value is -0.930. The van der Waals surface area contributed by atoms with E-state index in [4.69, 9.17) is 0 Å². The molecule has 1 saturated heterocycles. The minimum atomic E-state index is 0.679. The van der Waals surface area contributed by atoms with Crippen LogP contribution < -0.4 is 5.32 Å². The van der Waals surface area contributed by atoms with Crippen molar-refractivity contribution in [2.45, 2.75) is 25.9 Å². The van der Waals surface area contributed by atoms with Gasteiger partial charge in [-0.25, -0.2) is 0 Å². The van der Waals surface area contributed by atoms with Crippen molar-refractivity contribution < 1.29 is 0 Å². The third-order valence-corrected chi connectivity index (χ3v) is 2.88. The van der Waals surface area contributed by atoms with Gasteiger partial charge in [0.15, 0.2) is 0 Å². The molecule has 0 radical (unpaired) electrons. The van der Waals surface area contributed by atoms with Crippen LogP contribution in [-0.4, -0.2) is 35.6 Å². The SMILES string of the molecule is CCNC1CCN(Cc2ccccn2)C1. The van der Waals surface area contributed by atoms with E-state index in [0.717, 1.165) is 19.6 Å². The molecule has 0 bridgehead atoms. The quantitative estimate of drug-likeness (QED) is 0.802. The highest BCUT2D eigenvalue weighted by Crippen LogP contribution is 2.11. The van der Waals surface area contributed by atoms with Crippen LogP contribution in [0.5, 0.6) is 0 Å². The van der Waals surface area contributed by atoms with E-state index in [1.807, 2.05) is 12.3 Å². The molecule has 1 N–H and O–H groups in total. The standard InChI is InChI=1S/C12H19N3/c1-2-13-12-6-8-15(10-12)9-11-5-3-4-7-14-11/h3-5,7,12-13H,2,6,8-10H2,1H3. The van der Waals surface area contributed by atoms with E-state index in [9.17, 15) is 0 Å². The van der Waals surface area contributed by atoms with E-state index in [2.05, 4.69) is 34.3 Å². The molecule has 0 saturated carbocycles. The summed E-state index contributed by atoms with van der Waals surface area (Å²) in [4.78, 5) is 6.82. The van der Waals surface area contributed by atoms with Crippen LogP contribution >= 0.6 is 0 Å². The average molecular weight is 205 g/mol. The fraction of sp³-hybridized carbons (Fsp3) is 0.583. The zero-order chi connectivity index (χ0) is 10.5. The van der Waals surface area contributed by atoms with Crippen molar-refractivity contribution >= 4 is 0 Å². The molecule has 0 aromatic carbocycles. The van der Waals surface area contributed by atoms with Gasteiger partial charge in [-0.15, -0.1) is 0 Å². The summed E-state index contributed by atoms with van der Waals surface area (Å²) in [6.45, 7) is 6.57. The number of pyridine rings is 1. The molecule has 3 nitrogen and oxygen atoms in total. The Kier molecular flexibility index (Phi) is 3.69. The van der Waals surface area contributed by atoms with Crippen molar-refractivity contribution in [3.05, 3.63) is 30.1 Å². The van der Waals surface area contributed by atoms with Crippen LogP contribution in [0.15, 0.2) is 24.4 Å². The Morgan fingerprint density at radius 1 is 1.53 bits per heavy atom.